The maximum Gasteiger partial charge on any atom is 0.320 e. The topological polar surface area (TPSA) is 65.7 Å². The molecule has 154 valence electrons. The summed E-state index contributed by atoms with van der Waals surface area (Å²) >= 11 is 0. The lowest BCUT2D eigenvalue weighted by molar-refractivity contribution is 0.151. The van der Waals surface area contributed by atoms with Gasteiger partial charge in [-0.25, -0.2) is 9.18 Å². The predicted molar refractivity (Wildman–Crippen MR) is 103 cm³/mol. The summed E-state index contributed by atoms with van der Waals surface area (Å²) in [5.74, 6) is 2.29. The minimum atomic E-state index is -0.266. The van der Waals surface area contributed by atoms with Crippen molar-refractivity contribution in [2.24, 2.45) is 11.8 Å². The number of hydrogen-bond acceptors (Lipinski definition) is 5. The van der Waals surface area contributed by atoms with Gasteiger partial charge in [0.15, 0.2) is 5.82 Å². The molecule has 2 aromatic rings. The molecular weight excluding hydrogens is 373 g/mol. The Kier molecular flexibility index (Phi) is 4.53. The molecule has 3 atom stereocenters. The number of urea groups is 1. The number of aromatic nitrogens is 2. The van der Waals surface area contributed by atoms with Crippen LogP contribution in [-0.4, -0.2) is 64.6 Å². The zero-order valence-electron chi connectivity index (χ0n) is 16.8. The molecule has 3 heterocycles. The number of halogens is 1. The van der Waals surface area contributed by atoms with Crippen LogP contribution in [0, 0.1) is 17.7 Å². The van der Waals surface area contributed by atoms with Gasteiger partial charge in [-0.3, -0.25) is 4.90 Å². The van der Waals surface area contributed by atoms with Gasteiger partial charge in [-0.1, -0.05) is 17.3 Å². The highest BCUT2D eigenvalue weighted by Gasteiger charge is 2.49. The van der Waals surface area contributed by atoms with E-state index >= 15 is 0 Å². The number of rotatable bonds is 4. The van der Waals surface area contributed by atoms with Gasteiger partial charge in [0.1, 0.15) is 5.82 Å². The van der Waals surface area contributed by atoms with E-state index in [4.69, 9.17) is 4.52 Å². The van der Waals surface area contributed by atoms with Crippen molar-refractivity contribution in [3.63, 3.8) is 0 Å². The Balaban J connectivity index is 1.35. The van der Waals surface area contributed by atoms with Crippen LogP contribution in [0.4, 0.5) is 9.18 Å². The normalized spacial score (nSPS) is 26.7. The lowest BCUT2D eigenvalue weighted by atomic mass is 9.89. The highest BCUT2D eigenvalue weighted by atomic mass is 19.1. The number of nitrogens with zero attached hydrogens (tertiary/aromatic N) is 5. The van der Waals surface area contributed by atoms with Gasteiger partial charge in [0.2, 0.25) is 5.89 Å². The van der Waals surface area contributed by atoms with Crippen LogP contribution in [0.5, 0.6) is 0 Å². The van der Waals surface area contributed by atoms with Crippen molar-refractivity contribution in [1.82, 2.24) is 24.8 Å². The predicted octanol–water partition coefficient (Wildman–Crippen LogP) is 2.87. The minimum Gasteiger partial charge on any atom is -0.339 e. The van der Waals surface area contributed by atoms with Crippen molar-refractivity contribution in [2.75, 3.05) is 33.7 Å². The number of benzene rings is 1. The standard InChI is InChI=1S/C21H26FN5O2/c1-25(2)21(28)27-10-15-9-26(12-18-23-20(29-24-18)13-6-7-13)11-17(15)19(27)14-4-3-5-16(22)8-14/h3-5,8,13,15,17,19H,6-7,9-12H2,1-2H3/t15-,17-,19+/m1/s1. The van der Waals surface area contributed by atoms with Crippen LogP contribution in [0.2, 0.25) is 0 Å². The zero-order chi connectivity index (χ0) is 20.1. The van der Waals surface area contributed by atoms with Crippen molar-refractivity contribution in [3.8, 4) is 0 Å². The smallest absolute Gasteiger partial charge is 0.320 e. The fourth-order valence-corrected chi connectivity index (χ4v) is 4.87. The molecule has 1 aliphatic carbocycles. The van der Waals surface area contributed by atoms with Crippen molar-refractivity contribution in [2.45, 2.75) is 31.3 Å². The third-order valence-electron chi connectivity index (χ3n) is 6.33. The Hall–Kier alpha value is -2.48. The van der Waals surface area contributed by atoms with Crippen LogP contribution < -0.4 is 0 Å². The Bertz CT molecular complexity index is 912. The molecule has 3 fully saturated rings. The highest BCUT2D eigenvalue weighted by Crippen LogP contribution is 2.45. The monoisotopic (exact) mass is 399 g/mol. The summed E-state index contributed by atoms with van der Waals surface area (Å²) in [7, 11) is 3.53. The van der Waals surface area contributed by atoms with Crippen LogP contribution in [0.15, 0.2) is 28.8 Å². The van der Waals surface area contributed by atoms with Crippen molar-refractivity contribution in [1.29, 1.82) is 0 Å². The molecule has 1 aromatic heterocycles. The second-order valence-electron chi connectivity index (χ2n) is 8.77. The van der Waals surface area contributed by atoms with E-state index in [1.165, 1.54) is 6.07 Å². The molecule has 3 aliphatic rings. The zero-order valence-corrected chi connectivity index (χ0v) is 16.8. The van der Waals surface area contributed by atoms with Gasteiger partial charge in [0, 0.05) is 45.6 Å². The second-order valence-corrected chi connectivity index (χ2v) is 8.77. The maximum absolute atomic E-state index is 13.9. The largest absolute Gasteiger partial charge is 0.339 e. The Morgan fingerprint density at radius 1 is 1.28 bits per heavy atom. The second kappa shape index (κ2) is 7.09. The van der Waals surface area contributed by atoms with E-state index < -0.39 is 0 Å². The fraction of sp³-hybridized carbons (Fsp3) is 0.571. The van der Waals surface area contributed by atoms with E-state index in [9.17, 15) is 9.18 Å². The van der Waals surface area contributed by atoms with E-state index in [1.54, 1.807) is 31.1 Å². The van der Waals surface area contributed by atoms with E-state index in [0.29, 0.717) is 24.9 Å². The molecule has 2 saturated heterocycles. The van der Waals surface area contributed by atoms with Crippen molar-refractivity contribution in [3.05, 3.63) is 47.4 Å². The number of amides is 2. The number of carbonyl (C=O) groups excluding carboxylic acids is 1. The molecule has 0 spiro atoms. The maximum atomic E-state index is 13.9. The Morgan fingerprint density at radius 3 is 2.83 bits per heavy atom. The summed E-state index contributed by atoms with van der Waals surface area (Å²) in [6.45, 7) is 3.04. The molecule has 2 aliphatic heterocycles. The van der Waals surface area contributed by atoms with Crippen LogP contribution in [0.1, 0.15) is 42.1 Å². The average molecular weight is 399 g/mol. The van der Waals surface area contributed by atoms with Gasteiger partial charge in [0.25, 0.3) is 0 Å². The number of fused-ring (bicyclic) bond motifs is 1. The molecule has 1 saturated carbocycles. The van der Waals surface area contributed by atoms with Gasteiger partial charge < -0.3 is 14.3 Å². The minimum absolute atomic E-state index is 0.0209. The van der Waals surface area contributed by atoms with E-state index in [1.807, 2.05) is 11.0 Å². The van der Waals surface area contributed by atoms with Crippen LogP contribution in [0.25, 0.3) is 0 Å². The summed E-state index contributed by atoms with van der Waals surface area (Å²) < 4.78 is 19.3. The van der Waals surface area contributed by atoms with Gasteiger partial charge in [-0.15, -0.1) is 0 Å². The molecule has 8 heteroatoms. The van der Waals surface area contributed by atoms with Gasteiger partial charge in [0.05, 0.1) is 12.6 Å². The Morgan fingerprint density at radius 2 is 2.10 bits per heavy atom. The summed E-state index contributed by atoms with van der Waals surface area (Å²) in [6, 6.07) is 6.52. The lowest BCUT2D eigenvalue weighted by Gasteiger charge is -2.31. The van der Waals surface area contributed by atoms with E-state index in [2.05, 4.69) is 15.0 Å². The van der Waals surface area contributed by atoms with Crippen LogP contribution in [0.3, 0.4) is 0 Å². The SMILES string of the molecule is CN(C)C(=O)N1C[C@H]2CN(Cc3noc(C4CC4)n3)C[C@H]2[C@@H]1c1cccc(F)c1. The van der Waals surface area contributed by atoms with Gasteiger partial charge in [-0.05, 0) is 36.5 Å². The average Bonchev–Trinajstić information content (AvgIpc) is 3.15. The first-order valence-electron chi connectivity index (χ1n) is 10.3. The third kappa shape index (κ3) is 3.50. The molecule has 7 nitrogen and oxygen atoms in total. The first-order valence-corrected chi connectivity index (χ1v) is 10.3. The summed E-state index contributed by atoms with van der Waals surface area (Å²) in [5.41, 5.74) is 0.866. The molecular formula is C21H26FN5O2. The molecule has 0 unspecified atom stereocenters. The van der Waals surface area contributed by atoms with Crippen LogP contribution >= 0.6 is 0 Å². The number of carbonyl (C=O) groups is 1. The van der Waals surface area contributed by atoms with Gasteiger partial charge >= 0.3 is 6.03 Å². The van der Waals surface area contributed by atoms with Crippen LogP contribution in [-0.2, 0) is 6.54 Å². The van der Waals surface area contributed by atoms with Crippen molar-refractivity contribution < 1.29 is 13.7 Å². The summed E-state index contributed by atoms with van der Waals surface area (Å²) in [4.78, 5) is 23.2. The van der Waals surface area contributed by atoms with E-state index in [0.717, 1.165) is 43.2 Å². The summed E-state index contributed by atoms with van der Waals surface area (Å²) in [6.07, 6.45) is 2.28. The molecule has 29 heavy (non-hydrogen) atoms. The molecule has 0 radical (unpaired) electrons. The third-order valence-corrected chi connectivity index (χ3v) is 6.33. The first kappa shape index (κ1) is 18.5. The molecule has 5 rings (SSSR count). The van der Waals surface area contributed by atoms with Gasteiger partial charge in [-0.2, -0.15) is 4.98 Å². The van der Waals surface area contributed by atoms with Crippen molar-refractivity contribution >= 4 is 6.03 Å². The fourth-order valence-electron chi connectivity index (χ4n) is 4.87. The lowest BCUT2D eigenvalue weighted by Crippen LogP contribution is -2.41. The quantitative estimate of drug-likeness (QED) is 0.791. The molecule has 0 bridgehead atoms. The number of hydrogen-bond donors (Lipinski definition) is 0. The van der Waals surface area contributed by atoms with E-state index in [-0.39, 0.29) is 23.8 Å². The number of likely N-dealkylation sites (tertiary alicyclic amines) is 2. The highest BCUT2D eigenvalue weighted by molar-refractivity contribution is 5.75. The molecule has 0 N–H and O–H groups in total. The first-order chi connectivity index (χ1) is 14.0. The molecule has 1 aromatic carbocycles. The molecule has 2 amide bonds. The summed E-state index contributed by atoms with van der Waals surface area (Å²) in [5, 5.41) is 4.14. The Labute approximate surface area is 169 Å².